The Hall–Kier alpha value is -3.03. The zero-order valence-corrected chi connectivity index (χ0v) is 15.1. The number of ether oxygens (including phenoxy) is 1. The van der Waals surface area contributed by atoms with Crippen LogP contribution >= 0.6 is 0 Å². The zero-order valence-electron chi connectivity index (χ0n) is 15.1. The van der Waals surface area contributed by atoms with Gasteiger partial charge in [-0.2, -0.15) is 13.2 Å². The first kappa shape index (κ1) is 21.3. The summed E-state index contributed by atoms with van der Waals surface area (Å²) in [4.78, 5) is 23.4. The first-order valence-corrected chi connectivity index (χ1v) is 8.54. The summed E-state index contributed by atoms with van der Waals surface area (Å²) >= 11 is 0. The Bertz CT molecular complexity index is 809. The third kappa shape index (κ3) is 6.00. The van der Waals surface area contributed by atoms with Crippen LogP contribution in [0, 0.1) is 0 Å². The summed E-state index contributed by atoms with van der Waals surface area (Å²) in [5, 5.41) is 11.5. The third-order valence-electron chi connectivity index (χ3n) is 4.19. The van der Waals surface area contributed by atoms with Crippen LogP contribution in [0.5, 0.6) is 0 Å². The maximum atomic E-state index is 13.2. The number of carbonyl (C=O) groups excluding carboxylic acids is 1. The number of halogens is 3. The van der Waals surface area contributed by atoms with Gasteiger partial charge in [0.1, 0.15) is 12.6 Å². The fraction of sp³-hybridized carbons (Fsp3) is 0.300. The highest BCUT2D eigenvalue weighted by Gasteiger charge is 2.35. The maximum absolute atomic E-state index is 13.2. The molecule has 2 aromatic carbocycles. The molecule has 0 aliphatic carbocycles. The Morgan fingerprint density at radius 1 is 1.07 bits per heavy atom. The highest BCUT2D eigenvalue weighted by Crippen LogP contribution is 2.36. The smallest absolute Gasteiger partial charge is 0.416 e. The van der Waals surface area contributed by atoms with Crippen molar-refractivity contribution in [3.63, 3.8) is 0 Å². The Morgan fingerprint density at radius 2 is 1.68 bits per heavy atom. The summed E-state index contributed by atoms with van der Waals surface area (Å²) in [7, 11) is 0. The van der Waals surface area contributed by atoms with E-state index in [-0.39, 0.29) is 18.6 Å². The van der Waals surface area contributed by atoms with Crippen molar-refractivity contribution in [2.45, 2.75) is 38.1 Å². The molecule has 1 amide bonds. The molecule has 0 aliphatic rings. The van der Waals surface area contributed by atoms with Gasteiger partial charge in [-0.3, -0.25) is 0 Å². The molecule has 0 heterocycles. The number of alkyl carbamates (subject to hydrolysis) is 1. The van der Waals surface area contributed by atoms with Crippen LogP contribution in [0.15, 0.2) is 54.6 Å². The van der Waals surface area contributed by atoms with Gasteiger partial charge in [-0.05, 0) is 29.5 Å². The van der Waals surface area contributed by atoms with Crippen LogP contribution in [0.3, 0.4) is 0 Å². The first-order valence-electron chi connectivity index (χ1n) is 8.54. The van der Waals surface area contributed by atoms with Gasteiger partial charge in [0.2, 0.25) is 0 Å². The Morgan fingerprint density at radius 3 is 2.29 bits per heavy atom. The number of hydrogen-bond donors (Lipinski definition) is 2. The van der Waals surface area contributed by atoms with Crippen LogP contribution in [-0.2, 0) is 22.3 Å². The number of rotatable bonds is 7. The molecule has 2 unspecified atom stereocenters. The van der Waals surface area contributed by atoms with Crippen LogP contribution in [0.2, 0.25) is 0 Å². The predicted molar refractivity (Wildman–Crippen MR) is 95.7 cm³/mol. The molecule has 2 aromatic rings. The number of benzene rings is 2. The largest absolute Gasteiger partial charge is 0.480 e. The molecular weight excluding hydrogens is 375 g/mol. The number of aliphatic carboxylic acids is 1. The van der Waals surface area contributed by atoms with E-state index in [1.54, 1.807) is 30.3 Å². The van der Waals surface area contributed by atoms with Crippen LogP contribution in [0.4, 0.5) is 18.0 Å². The van der Waals surface area contributed by atoms with E-state index >= 15 is 0 Å². The van der Waals surface area contributed by atoms with Gasteiger partial charge in [-0.15, -0.1) is 0 Å². The number of amides is 1. The molecule has 0 aromatic heterocycles. The van der Waals surface area contributed by atoms with E-state index in [9.17, 15) is 27.9 Å². The van der Waals surface area contributed by atoms with Crippen molar-refractivity contribution in [3.05, 3.63) is 71.3 Å². The third-order valence-corrected chi connectivity index (χ3v) is 4.19. The van der Waals surface area contributed by atoms with Gasteiger partial charge in [0, 0.05) is 0 Å². The Labute approximate surface area is 160 Å². The lowest BCUT2D eigenvalue weighted by atomic mass is 9.90. The molecule has 0 bridgehead atoms. The zero-order chi connectivity index (χ0) is 20.7. The Balaban J connectivity index is 2.03. The van der Waals surface area contributed by atoms with Crippen LogP contribution in [-0.4, -0.2) is 23.2 Å². The van der Waals surface area contributed by atoms with E-state index < -0.39 is 35.8 Å². The summed E-state index contributed by atoms with van der Waals surface area (Å²) in [6, 6.07) is 12.4. The fourth-order valence-corrected chi connectivity index (χ4v) is 2.79. The van der Waals surface area contributed by atoms with Crippen LogP contribution < -0.4 is 5.32 Å². The van der Waals surface area contributed by atoms with Gasteiger partial charge in [-0.1, -0.05) is 55.5 Å². The number of nitrogens with one attached hydrogen (secondary N) is 1. The molecule has 0 fully saturated rings. The molecule has 0 spiro atoms. The van der Waals surface area contributed by atoms with Crippen LogP contribution in [0.1, 0.15) is 36.0 Å². The molecule has 150 valence electrons. The van der Waals surface area contributed by atoms with E-state index in [2.05, 4.69) is 5.32 Å². The second-order valence-corrected chi connectivity index (χ2v) is 6.32. The lowest BCUT2D eigenvalue weighted by Gasteiger charge is -2.22. The first-order chi connectivity index (χ1) is 13.2. The molecule has 2 atom stereocenters. The second kappa shape index (κ2) is 9.25. The van der Waals surface area contributed by atoms with E-state index in [1.165, 1.54) is 25.1 Å². The molecule has 5 nitrogen and oxygen atoms in total. The van der Waals surface area contributed by atoms with Gasteiger partial charge >= 0.3 is 18.2 Å². The van der Waals surface area contributed by atoms with Crippen molar-refractivity contribution >= 4 is 12.1 Å². The van der Waals surface area contributed by atoms with E-state index in [0.717, 1.165) is 11.6 Å². The number of carboxylic acids is 1. The van der Waals surface area contributed by atoms with Crippen molar-refractivity contribution in [1.29, 1.82) is 0 Å². The second-order valence-electron chi connectivity index (χ2n) is 6.32. The summed E-state index contributed by atoms with van der Waals surface area (Å²) < 4.78 is 44.5. The molecule has 2 N–H and O–H groups in total. The maximum Gasteiger partial charge on any atom is 0.416 e. The molecule has 2 rings (SSSR count). The number of carbonyl (C=O) groups is 2. The Kier molecular flexibility index (Phi) is 7.03. The molecule has 0 saturated heterocycles. The van der Waals surface area contributed by atoms with Gasteiger partial charge in [0.05, 0.1) is 5.56 Å². The summed E-state index contributed by atoms with van der Waals surface area (Å²) in [5.74, 6) is -2.11. The van der Waals surface area contributed by atoms with Gasteiger partial charge in [0.15, 0.2) is 0 Å². The minimum Gasteiger partial charge on any atom is -0.480 e. The van der Waals surface area contributed by atoms with Crippen molar-refractivity contribution in [3.8, 4) is 0 Å². The predicted octanol–water partition coefficient (Wildman–Crippen LogP) is 4.58. The highest BCUT2D eigenvalue weighted by atomic mass is 19.4. The van der Waals surface area contributed by atoms with Crippen LogP contribution in [0.25, 0.3) is 0 Å². The number of alkyl halides is 3. The van der Waals surface area contributed by atoms with Crippen molar-refractivity contribution in [2.75, 3.05) is 0 Å². The van der Waals surface area contributed by atoms with Gasteiger partial charge in [-0.25, -0.2) is 9.59 Å². The fourth-order valence-electron chi connectivity index (χ4n) is 2.79. The summed E-state index contributed by atoms with van der Waals surface area (Å²) in [5.41, 5.74) is -0.129. The molecule has 0 aliphatic heterocycles. The normalized spacial score (nSPS) is 13.4. The lowest BCUT2D eigenvalue weighted by Crippen LogP contribution is -2.41. The summed E-state index contributed by atoms with van der Waals surface area (Å²) in [6.07, 6.45) is -5.72. The molecule has 0 radical (unpaired) electrons. The van der Waals surface area contributed by atoms with Gasteiger partial charge < -0.3 is 15.2 Å². The highest BCUT2D eigenvalue weighted by molar-refractivity contribution is 5.80. The van der Waals surface area contributed by atoms with Crippen molar-refractivity contribution < 1.29 is 32.6 Å². The average molecular weight is 395 g/mol. The minimum atomic E-state index is -4.55. The van der Waals surface area contributed by atoms with Crippen molar-refractivity contribution in [1.82, 2.24) is 5.32 Å². The monoisotopic (exact) mass is 395 g/mol. The molecular formula is C20H20F3NO4. The van der Waals surface area contributed by atoms with E-state index in [4.69, 9.17) is 4.74 Å². The minimum absolute atomic E-state index is 0.0271. The standard InChI is InChI=1S/C20H20F3NO4/c1-13(15-9-5-6-10-16(15)20(21,22)23)11-17(18(25)26)24-19(27)28-12-14-7-3-2-4-8-14/h2-10,13,17H,11-12H2,1H3,(H,24,27)(H,25,26). The topological polar surface area (TPSA) is 75.6 Å². The van der Waals surface area contributed by atoms with E-state index in [1.807, 2.05) is 0 Å². The average Bonchev–Trinajstić information content (AvgIpc) is 2.66. The summed E-state index contributed by atoms with van der Waals surface area (Å²) in [6.45, 7) is 1.43. The van der Waals surface area contributed by atoms with Gasteiger partial charge in [0.25, 0.3) is 0 Å². The molecule has 0 saturated carbocycles. The SMILES string of the molecule is CC(CC(NC(=O)OCc1ccccc1)C(=O)O)c1ccccc1C(F)(F)F. The quantitative estimate of drug-likeness (QED) is 0.720. The van der Waals surface area contributed by atoms with E-state index in [0.29, 0.717) is 0 Å². The lowest BCUT2D eigenvalue weighted by molar-refractivity contribution is -0.139. The number of hydrogen-bond acceptors (Lipinski definition) is 3. The molecule has 8 heteroatoms. The number of carboxylic acid groups (broad SMARTS) is 1. The molecule has 28 heavy (non-hydrogen) atoms. The van der Waals surface area contributed by atoms with Crippen molar-refractivity contribution in [2.24, 2.45) is 0 Å².